The zero-order chi connectivity index (χ0) is 26.9. The third-order valence-corrected chi connectivity index (χ3v) is 8.18. The van der Waals surface area contributed by atoms with Gasteiger partial charge in [-0.05, 0) is 59.2 Å². The first kappa shape index (κ1) is 26.4. The Morgan fingerprint density at radius 3 is 2.63 bits per heavy atom. The van der Waals surface area contributed by atoms with Gasteiger partial charge >= 0.3 is 6.03 Å². The first-order valence-electron chi connectivity index (χ1n) is 12.1. The van der Waals surface area contributed by atoms with Gasteiger partial charge in [0.1, 0.15) is 5.15 Å². The first-order valence-corrected chi connectivity index (χ1v) is 14.7. The van der Waals surface area contributed by atoms with Crippen LogP contribution in [-0.4, -0.2) is 48.2 Å². The molecule has 0 fully saturated rings. The van der Waals surface area contributed by atoms with Crippen molar-refractivity contribution in [3.63, 3.8) is 0 Å². The number of rotatable bonds is 6. The summed E-state index contributed by atoms with van der Waals surface area (Å²) in [7, 11) is -3.41. The Labute approximate surface area is 231 Å². The van der Waals surface area contributed by atoms with Gasteiger partial charge < -0.3 is 5.32 Å². The van der Waals surface area contributed by atoms with E-state index in [2.05, 4.69) is 27.4 Å². The molecule has 4 aromatic rings. The lowest BCUT2D eigenvalue weighted by Gasteiger charge is -2.27. The van der Waals surface area contributed by atoms with Crippen LogP contribution in [0.2, 0.25) is 10.2 Å². The van der Waals surface area contributed by atoms with Crippen molar-refractivity contribution in [3.8, 4) is 0 Å². The fourth-order valence-electron chi connectivity index (χ4n) is 4.73. The lowest BCUT2D eigenvalue weighted by molar-refractivity contribution is 0.240. The second-order valence-corrected chi connectivity index (χ2v) is 12.1. The SMILES string of the molecule is CS(=O)(=O)c1ccc2c(c1)c1c(n2C(=O)NCc2ccnc(Cl)c2)CCN(C/C=C/c2ccc(Cl)cc2)C1. The van der Waals surface area contributed by atoms with Crippen LogP contribution < -0.4 is 5.32 Å². The number of fused-ring (bicyclic) bond motifs is 3. The molecule has 196 valence electrons. The highest BCUT2D eigenvalue weighted by Crippen LogP contribution is 2.32. The number of carbonyl (C=O) groups is 1. The van der Waals surface area contributed by atoms with Gasteiger partial charge in [0, 0.05) is 61.2 Å². The molecular formula is C28H26Cl2N4O3S. The Balaban J connectivity index is 1.44. The zero-order valence-corrected chi connectivity index (χ0v) is 23.0. The minimum atomic E-state index is -3.41. The topological polar surface area (TPSA) is 84.3 Å². The van der Waals surface area contributed by atoms with Crippen LogP contribution in [0, 0.1) is 0 Å². The molecule has 10 heteroatoms. The number of aromatic nitrogens is 2. The standard InChI is InChI=1S/C28H26Cl2N4O3S/c1-38(36,37)22-8-9-25-23(16-22)24-18-33(13-2-3-19-4-6-21(29)7-5-19)14-11-26(24)34(25)28(35)32-17-20-10-12-31-27(30)15-20/h2-10,12,15-16H,11,13-14,17-18H2,1H3,(H,32,35)/b3-2+. The molecule has 0 aliphatic carbocycles. The van der Waals surface area contributed by atoms with Crippen LogP contribution in [0.4, 0.5) is 4.79 Å². The fourth-order valence-corrected chi connectivity index (χ4v) is 5.70. The monoisotopic (exact) mass is 568 g/mol. The average molecular weight is 570 g/mol. The third kappa shape index (κ3) is 5.78. The Morgan fingerprint density at radius 2 is 1.89 bits per heavy atom. The number of pyridine rings is 1. The fraction of sp³-hybridized carbons (Fsp3) is 0.214. The number of amides is 1. The van der Waals surface area contributed by atoms with E-state index in [0.29, 0.717) is 35.2 Å². The Morgan fingerprint density at radius 1 is 1.11 bits per heavy atom. The number of nitrogens with one attached hydrogen (secondary N) is 1. The second kappa shape index (κ2) is 10.9. The molecule has 5 rings (SSSR count). The van der Waals surface area contributed by atoms with E-state index in [4.69, 9.17) is 23.2 Å². The Hall–Kier alpha value is -3.17. The van der Waals surface area contributed by atoms with E-state index in [1.54, 1.807) is 41.1 Å². The molecule has 1 N–H and O–H groups in total. The summed E-state index contributed by atoms with van der Waals surface area (Å²) in [4.78, 5) is 19.9. The first-order chi connectivity index (χ1) is 18.2. The van der Waals surface area contributed by atoms with Gasteiger partial charge in [-0.1, -0.05) is 47.5 Å². The van der Waals surface area contributed by atoms with Crippen LogP contribution in [-0.2, 0) is 29.3 Å². The summed E-state index contributed by atoms with van der Waals surface area (Å²) in [5.74, 6) is 0. The Kier molecular flexibility index (Phi) is 7.59. The van der Waals surface area contributed by atoms with E-state index < -0.39 is 9.84 Å². The Bertz CT molecular complexity index is 1650. The maximum Gasteiger partial charge on any atom is 0.326 e. The van der Waals surface area contributed by atoms with E-state index in [1.807, 2.05) is 24.3 Å². The van der Waals surface area contributed by atoms with E-state index in [9.17, 15) is 13.2 Å². The highest BCUT2D eigenvalue weighted by Gasteiger charge is 2.27. The summed E-state index contributed by atoms with van der Waals surface area (Å²) in [6.45, 7) is 2.37. The lowest BCUT2D eigenvalue weighted by Crippen LogP contribution is -2.34. The number of hydrogen-bond donors (Lipinski definition) is 1. The van der Waals surface area contributed by atoms with Crippen molar-refractivity contribution in [2.75, 3.05) is 19.3 Å². The zero-order valence-electron chi connectivity index (χ0n) is 20.7. The molecule has 0 saturated heterocycles. The van der Waals surface area contributed by atoms with E-state index in [1.165, 1.54) is 6.26 Å². The summed E-state index contributed by atoms with van der Waals surface area (Å²) in [5.41, 5.74) is 4.45. The normalized spacial score (nSPS) is 14.2. The molecule has 0 unspecified atom stereocenters. The van der Waals surface area contributed by atoms with Crippen LogP contribution in [0.15, 0.2) is 71.8 Å². The molecule has 2 aromatic carbocycles. The minimum absolute atomic E-state index is 0.233. The van der Waals surface area contributed by atoms with Gasteiger partial charge in [-0.15, -0.1) is 0 Å². The summed E-state index contributed by atoms with van der Waals surface area (Å²) in [6, 6.07) is 15.8. The molecule has 0 bridgehead atoms. The molecule has 0 saturated carbocycles. The van der Waals surface area contributed by atoms with Crippen LogP contribution >= 0.6 is 23.2 Å². The molecule has 1 aliphatic heterocycles. The molecule has 1 amide bonds. The van der Waals surface area contributed by atoms with Crippen LogP contribution in [0.25, 0.3) is 17.0 Å². The third-order valence-electron chi connectivity index (χ3n) is 6.61. The summed E-state index contributed by atoms with van der Waals surface area (Å²) >= 11 is 12.0. The van der Waals surface area contributed by atoms with Gasteiger partial charge in [0.25, 0.3) is 0 Å². The molecule has 3 heterocycles. The van der Waals surface area contributed by atoms with Crippen molar-refractivity contribution in [2.45, 2.75) is 24.4 Å². The maximum atomic E-state index is 13.4. The van der Waals surface area contributed by atoms with Crippen molar-refractivity contribution in [1.29, 1.82) is 0 Å². The molecule has 1 aliphatic rings. The quantitative estimate of drug-likeness (QED) is 0.307. The van der Waals surface area contributed by atoms with Gasteiger partial charge in [-0.2, -0.15) is 0 Å². The molecule has 2 aromatic heterocycles. The number of carbonyl (C=O) groups excluding carboxylic acids is 1. The molecular weight excluding hydrogens is 543 g/mol. The van der Waals surface area contributed by atoms with Gasteiger partial charge in [-0.3, -0.25) is 9.47 Å². The lowest BCUT2D eigenvalue weighted by atomic mass is 10.0. The predicted molar refractivity (Wildman–Crippen MR) is 151 cm³/mol. The number of sulfone groups is 1. The molecule has 0 radical (unpaired) electrons. The summed E-state index contributed by atoms with van der Waals surface area (Å²) < 4.78 is 26.3. The summed E-state index contributed by atoms with van der Waals surface area (Å²) in [5, 5.41) is 4.80. The van der Waals surface area contributed by atoms with Gasteiger partial charge in [-0.25, -0.2) is 18.2 Å². The molecule has 38 heavy (non-hydrogen) atoms. The maximum absolute atomic E-state index is 13.4. The molecule has 0 spiro atoms. The van der Waals surface area contributed by atoms with Gasteiger partial charge in [0.15, 0.2) is 9.84 Å². The van der Waals surface area contributed by atoms with Crippen LogP contribution in [0.3, 0.4) is 0 Å². The molecule has 7 nitrogen and oxygen atoms in total. The van der Waals surface area contributed by atoms with Crippen molar-refractivity contribution >= 4 is 56.0 Å². The number of hydrogen-bond acceptors (Lipinski definition) is 5. The van der Waals surface area contributed by atoms with Crippen molar-refractivity contribution in [1.82, 2.24) is 19.8 Å². The smallest absolute Gasteiger partial charge is 0.326 e. The molecule has 0 atom stereocenters. The largest absolute Gasteiger partial charge is 0.333 e. The van der Waals surface area contributed by atoms with E-state index in [-0.39, 0.29) is 10.9 Å². The number of nitrogens with zero attached hydrogens (tertiary/aromatic N) is 3. The van der Waals surface area contributed by atoms with Crippen LogP contribution in [0.5, 0.6) is 0 Å². The number of halogens is 2. The van der Waals surface area contributed by atoms with Crippen LogP contribution in [0.1, 0.15) is 22.4 Å². The second-order valence-electron chi connectivity index (χ2n) is 9.30. The van der Waals surface area contributed by atoms with Gasteiger partial charge in [0.05, 0.1) is 10.4 Å². The van der Waals surface area contributed by atoms with E-state index >= 15 is 0 Å². The van der Waals surface area contributed by atoms with E-state index in [0.717, 1.165) is 40.9 Å². The van der Waals surface area contributed by atoms with Crippen molar-refractivity contribution in [3.05, 3.63) is 99.4 Å². The average Bonchev–Trinajstić information content (AvgIpc) is 3.21. The van der Waals surface area contributed by atoms with Crippen molar-refractivity contribution < 1.29 is 13.2 Å². The highest BCUT2D eigenvalue weighted by atomic mass is 35.5. The highest BCUT2D eigenvalue weighted by molar-refractivity contribution is 7.90. The van der Waals surface area contributed by atoms with Gasteiger partial charge in [0.2, 0.25) is 0 Å². The number of benzene rings is 2. The predicted octanol–water partition coefficient (Wildman–Crippen LogP) is 5.58. The summed E-state index contributed by atoms with van der Waals surface area (Å²) in [6.07, 6.45) is 7.59. The minimum Gasteiger partial charge on any atom is -0.333 e. The van der Waals surface area contributed by atoms with Crippen molar-refractivity contribution in [2.24, 2.45) is 0 Å².